The first-order valence-electron chi connectivity index (χ1n) is 9.46. The van der Waals surface area contributed by atoms with Crippen molar-refractivity contribution in [3.63, 3.8) is 0 Å². The molecule has 0 bridgehead atoms. The van der Waals surface area contributed by atoms with Gasteiger partial charge in [0.05, 0.1) is 40.1 Å². The third kappa shape index (κ3) is 7.12. The average Bonchev–Trinajstić information content (AvgIpc) is 2.74. The van der Waals surface area contributed by atoms with Crippen LogP contribution < -0.4 is 29.7 Å². The molecule has 30 heavy (non-hydrogen) atoms. The number of hydrogen-bond donors (Lipinski definition) is 2. The van der Waals surface area contributed by atoms with E-state index in [9.17, 15) is 0 Å². The number of hydrogen-bond acceptors (Lipinski definition) is 6. The van der Waals surface area contributed by atoms with E-state index in [0.717, 1.165) is 23.6 Å². The summed E-state index contributed by atoms with van der Waals surface area (Å²) in [5, 5.41) is 6.58. The number of ether oxygens (including phenoxy) is 3. The van der Waals surface area contributed by atoms with Gasteiger partial charge in [-0.1, -0.05) is 6.07 Å². The zero-order valence-corrected chi connectivity index (χ0v) is 20.8. The molecule has 2 aromatic rings. The first kappa shape index (κ1) is 25.6. The molecule has 0 aliphatic carbocycles. The van der Waals surface area contributed by atoms with Crippen LogP contribution in [-0.2, 0) is 13.1 Å². The predicted octanol–water partition coefficient (Wildman–Crippen LogP) is 3.05. The Morgan fingerprint density at radius 1 is 1.03 bits per heavy atom. The number of pyridine rings is 1. The van der Waals surface area contributed by atoms with Crippen LogP contribution in [0.3, 0.4) is 0 Å². The van der Waals surface area contributed by atoms with Gasteiger partial charge in [-0.25, -0.2) is 9.98 Å². The van der Waals surface area contributed by atoms with Gasteiger partial charge in [-0.2, -0.15) is 0 Å². The molecule has 0 unspecified atom stereocenters. The zero-order chi connectivity index (χ0) is 21.2. The molecule has 9 heteroatoms. The van der Waals surface area contributed by atoms with Crippen LogP contribution in [0.5, 0.6) is 17.2 Å². The Hall–Kier alpha value is -2.43. The summed E-state index contributed by atoms with van der Waals surface area (Å²) in [4.78, 5) is 11.3. The standard InChI is InChI=1S/C21H31N5O3.HI/c1-7-22-21(24-14-16-9-8-10-19(25-16)26(2)3)23-13-15-11-17(27-4)20(29-6)18(12-15)28-5;/h8-12H,7,13-14H2,1-6H3,(H2,22,23,24);1H. The van der Waals surface area contributed by atoms with Crippen molar-refractivity contribution < 1.29 is 14.2 Å². The summed E-state index contributed by atoms with van der Waals surface area (Å²) in [6, 6.07) is 9.77. The van der Waals surface area contributed by atoms with E-state index in [2.05, 4.69) is 20.6 Å². The molecule has 1 aromatic heterocycles. The molecule has 2 rings (SSSR count). The van der Waals surface area contributed by atoms with Gasteiger partial charge in [0, 0.05) is 20.6 Å². The highest BCUT2D eigenvalue weighted by Crippen LogP contribution is 2.38. The van der Waals surface area contributed by atoms with E-state index in [1.54, 1.807) is 21.3 Å². The zero-order valence-electron chi connectivity index (χ0n) is 18.5. The molecule has 1 aromatic carbocycles. The Labute approximate surface area is 196 Å². The number of benzene rings is 1. The van der Waals surface area contributed by atoms with Crippen molar-refractivity contribution in [1.29, 1.82) is 0 Å². The molecular formula is C21H32IN5O3. The van der Waals surface area contributed by atoms with E-state index in [1.165, 1.54) is 0 Å². The Kier molecular flexibility index (Phi) is 11.1. The molecule has 0 spiro atoms. The Bertz CT molecular complexity index is 805. The highest BCUT2D eigenvalue weighted by Gasteiger charge is 2.13. The van der Waals surface area contributed by atoms with Crippen LogP contribution >= 0.6 is 24.0 Å². The first-order valence-corrected chi connectivity index (χ1v) is 9.46. The lowest BCUT2D eigenvalue weighted by Gasteiger charge is -2.15. The number of anilines is 1. The van der Waals surface area contributed by atoms with Gasteiger partial charge in [0.25, 0.3) is 0 Å². The van der Waals surface area contributed by atoms with Gasteiger partial charge in [-0.15, -0.1) is 24.0 Å². The molecule has 0 aliphatic heterocycles. The summed E-state index contributed by atoms with van der Waals surface area (Å²) in [6.07, 6.45) is 0. The van der Waals surface area contributed by atoms with Crippen molar-refractivity contribution in [2.75, 3.05) is 46.9 Å². The van der Waals surface area contributed by atoms with Crippen molar-refractivity contribution in [3.05, 3.63) is 41.6 Å². The maximum Gasteiger partial charge on any atom is 0.203 e. The molecule has 0 radical (unpaired) electrons. The smallest absolute Gasteiger partial charge is 0.203 e. The second-order valence-electron chi connectivity index (χ2n) is 6.46. The average molecular weight is 529 g/mol. The Morgan fingerprint density at radius 3 is 2.23 bits per heavy atom. The number of methoxy groups -OCH3 is 3. The van der Waals surface area contributed by atoms with E-state index < -0.39 is 0 Å². The van der Waals surface area contributed by atoms with Crippen molar-refractivity contribution in [3.8, 4) is 17.2 Å². The normalized spacial score (nSPS) is 10.7. The predicted molar refractivity (Wildman–Crippen MR) is 132 cm³/mol. The van der Waals surface area contributed by atoms with Crippen LogP contribution in [0.15, 0.2) is 35.3 Å². The molecule has 0 saturated carbocycles. The lowest BCUT2D eigenvalue weighted by Crippen LogP contribution is -2.37. The second kappa shape index (κ2) is 13.0. The lowest BCUT2D eigenvalue weighted by atomic mass is 10.2. The molecule has 1 heterocycles. The summed E-state index contributed by atoms with van der Waals surface area (Å²) >= 11 is 0. The summed E-state index contributed by atoms with van der Waals surface area (Å²) < 4.78 is 16.2. The minimum absolute atomic E-state index is 0. The third-order valence-corrected chi connectivity index (χ3v) is 4.18. The molecule has 8 nitrogen and oxygen atoms in total. The minimum Gasteiger partial charge on any atom is -0.493 e. The number of guanidine groups is 1. The van der Waals surface area contributed by atoms with E-state index >= 15 is 0 Å². The Balaban J connectivity index is 0.00000450. The van der Waals surface area contributed by atoms with Crippen LogP contribution in [0.1, 0.15) is 18.2 Å². The van der Waals surface area contributed by atoms with E-state index in [0.29, 0.717) is 36.3 Å². The fraction of sp³-hybridized carbons (Fsp3) is 0.429. The van der Waals surface area contributed by atoms with Gasteiger partial charge in [0.15, 0.2) is 17.5 Å². The third-order valence-electron chi connectivity index (χ3n) is 4.18. The van der Waals surface area contributed by atoms with Gasteiger partial charge in [-0.05, 0) is 36.8 Å². The highest BCUT2D eigenvalue weighted by molar-refractivity contribution is 14.0. The molecule has 0 fully saturated rings. The second-order valence-corrected chi connectivity index (χ2v) is 6.46. The van der Waals surface area contributed by atoms with Crippen molar-refractivity contribution in [1.82, 2.24) is 15.6 Å². The summed E-state index contributed by atoms with van der Waals surface area (Å²) in [5.41, 5.74) is 1.89. The minimum atomic E-state index is 0. The van der Waals surface area contributed by atoms with Crippen LogP contribution in [0.2, 0.25) is 0 Å². The highest BCUT2D eigenvalue weighted by atomic mass is 127. The fourth-order valence-electron chi connectivity index (χ4n) is 2.73. The van der Waals surface area contributed by atoms with Gasteiger partial charge < -0.3 is 29.7 Å². The molecule has 0 aliphatic rings. The lowest BCUT2D eigenvalue weighted by molar-refractivity contribution is 0.324. The molecular weight excluding hydrogens is 497 g/mol. The van der Waals surface area contributed by atoms with Gasteiger partial charge in [-0.3, -0.25) is 0 Å². The molecule has 2 N–H and O–H groups in total. The summed E-state index contributed by atoms with van der Waals surface area (Å²) in [7, 11) is 8.74. The number of aromatic nitrogens is 1. The maximum atomic E-state index is 5.41. The number of rotatable bonds is 9. The number of halogens is 1. The van der Waals surface area contributed by atoms with Gasteiger partial charge in [0.1, 0.15) is 5.82 Å². The van der Waals surface area contributed by atoms with E-state index in [4.69, 9.17) is 14.2 Å². The SMILES string of the molecule is CCNC(=NCc1cc(OC)c(OC)c(OC)c1)NCc1cccc(N(C)C)n1.I. The van der Waals surface area contributed by atoms with Crippen LogP contribution in [0.4, 0.5) is 5.82 Å². The quantitative estimate of drug-likeness (QED) is 0.294. The number of nitrogens with zero attached hydrogens (tertiary/aromatic N) is 3. The molecule has 166 valence electrons. The van der Waals surface area contributed by atoms with Crippen molar-refractivity contribution >= 4 is 35.8 Å². The monoisotopic (exact) mass is 529 g/mol. The molecule has 0 atom stereocenters. The van der Waals surface area contributed by atoms with Crippen LogP contribution in [0, 0.1) is 0 Å². The van der Waals surface area contributed by atoms with E-state index in [-0.39, 0.29) is 24.0 Å². The fourth-order valence-corrected chi connectivity index (χ4v) is 2.73. The summed E-state index contributed by atoms with van der Waals surface area (Å²) in [6.45, 7) is 3.81. The van der Waals surface area contributed by atoms with Crippen molar-refractivity contribution in [2.24, 2.45) is 4.99 Å². The largest absolute Gasteiger partial charge is 0.493 e. The summed E-state index contributed by atoms with van der Waals surface area (Å²) in [5.74, 6) is 3.42. The van der Waals surface area contributed by atoms with E-state index in [1.807, 2.05) is 56.3 Å². The van der Waals surface area contributed by atoms with Gasteiger partial charge in [0.2, 0.25) is 5.75 Å². The number of aliphatic imine (C=N–C) groups is 1. The van der Waals surface area contributed by atoms with Crippen molar-refractivity contribution in [2.45, 2.75) is 20.0 Å². The Morgan fingerprint density at radius 2 is 1.70 bits per heavy atom. The topological polar surface area (TPSA) is 80.2 Å². The van der Waals surface area contributed by atoms with Crippen LogP contribution in [-0.4, -0.2) is 52.9 Å². The van der Waals surface area contributed by atoms with Crippen LogP contribution in [0.25, 0.3) is 0 Å². The number of nitrogens with one attached hydrogen (secondary N) is 2. The first-order chi connectivity index (χ1) is 14.0. The maximum absolute atomic E-state index is 5.41. The molecule has 0 saturated heterocycles. The van der Waals surface area contributed by atoms with Gasteiger partial charge >= 0.3 is 0 Å². The molecule has 0 amide bonds.